The van der Waals surface area contributed by atoms with Crippen molar-refractivity contribution in [2.45, 2.75) is 6.92 Å². The summed E-state index contributed by atoms with van der Waals surface area (Å²) in [5, 5.41) is 8.58. The van der Waals surface area contributed by atoms with Crippen molar-refractivity contribution in [3.05, 3.63) is 24.0 Å². The molecule has 0 spiro atoms. The van der Waals surface area contributed by atoms with Gasteiger partial charge in [0.2, 0.25) is 0 Å². The number of rotatable bonds is 1. The molecule has 1 aromatic rings. The van der Waals surface area contributed by atoms with E-state index in [1.807, 2.05) is 18.5 Å². The van der Waals surface area contributed by atoms with Gasteiger partial charge in [-0.05, 0) is 6.92 Å². The third-order valence-corrected chi connectivity index (χ3v) is 1.62. The Kier molecular flexibility index (Phi) is 1.85. The van der Waals surface area contributed by atoms with Crippen molar-refractivity contribution in [1.29, 1.82) is 0 Å². The van der Waals surface area contributed by atoms with Gasteiger partial charge in [-0.2, -0.15) is 0 Å². The molecule has 0 aromatic carbocycles. The molecule has 1 heterocycles. The highest BCUT2D eigenvalue weighted by Gasteiger charge is 2.04. The molecular weight excluding hydrogens is 142 g/mol. The van der Waals surface area contributed by atoms with Crippen LogP contribution in [0.5, 0.6) is 0 Å². The van der Waals surface area contributed by atoms with E-state index in [2.05, 4.69) is 4.98 Å². The Morgan fingerprint density at radius 2 is 2.45 bits per heavy atom. The van der Waals surface area contributed by atoms with Gasteiger partial charge in [0.1, 0.15) is 12.0 Å². The SMILES string of the molecule is Cc1cnc(/C(N)=C/O)n1C. The van der Waals surface area contributed by atoms with E-state index in [4.69, 9.17) is 10.8 Å². The maximum absolute atomic E-state index is 8.58. The number of aliphatic hydroxyl groups excluding tert-OH is 1. The average molecular weight is 153 g/mol. The molecule has 1 aromatic heterocycles. The molecule has 0 unspecified atom stereocenters. The molecule has 1 rings (SSSR count). The third kappa shape index (κ3) is 1.19. The van der Waals surface area contributed by atoms with Crippen molar-refractivity contribution >= 4 is 5.70 Å². The molecule has 0 aliphatic rings. The number of hydrogen-bond acceptors (Lipinski definition) is 3. The predicted molar refractivity (Wildman–Crippen MR) is 42.7 cm³/mol. The summed E-state index contributed by atoms with van der Waals surface area (Å²) in [7, 11) is 1.84. The number of aryl methyl sites for hydroxylation is 1. The van der Waals surface area contributed by atoms with Crippen LogP contribution in [0.3, 0.4) is 0 Å². The quantitative estimate of drug-likeness (QED) is 0.579. The Balaban J connectivity index is 3.15. The summed E-state index contributed by atoms with van der Waals surface area (Å²) in [5.74, 6) is 0.588. The summed E-state index contributed by atoms with van der Waals surface area (Å²) in [5.41, 5.74) is 6.72. The third-order valence-electron chi connectivity index (χ3n) is 1.62. The van der Waals surface area contributed by atoms with Crippen LogP contribution in [0.2, 0.25) is 0 Å². The van der Waals surface area contributed by atoms with Gasteiger partial charge in [-0.1, -0.05) is 0 Å². The lowest BCUT2D eigenvalue weighted by atomic mass is 10.4. The van der Waals surface area contributed by atoms with Crippen molar-refractivity contribution in [3.8, 4) is 0 Å². The summed E-state index contributed by atoms with van der Waals surface area (Å²) in [6, 6.07) is 0. The first-order valence-electron chi connectivity index (χ1n) is 3.25. The first kappa shape index (κ1) is 7.65. The van der Waals surface area contributed by atoms with Gasteiger partial charge in [-0.25, -0.2) is 4.98 Å². The summed E-state index contributed by atoms with van der Waals surface area (Å²) >= 11 is 0. The Morgan fingerprint density at radius 3 is 2.82 bits per heavy atom. The molecule has 0 bridgehead atoms. The van der Waals surface area contributed by atoms with Crippen LogP contribution in [0.25, 0.3) is 5.70 Å². The molecule has 4 nitrogen and oxygen atoms in total. The van der Waals surface area contributed by atoms with Crippen LogP contribution in [0.4, 0.5) is 0 Å². The van der Waals surface area contributed by atoms with Gasteiger partial charge in [0.15, 0.2) is 5.82 Å². The molecule has 0 fully saturated rings. The Labute approximate surface area is 65.0 Å². The highest BCUT2D eigenvalue weighted by molar-refractivity contribution is 5.55. The minimum Gasteiger partial charge on any atom is -0.513 e. The normalized spacial score (nSPS) is 12.0. The molecule has 60 valence electrons. The van der Waals surface area contributed by atoms with Gasteiger partial charge in [-0.3, -0.25) is 0 Å². The van der Waals surface area contributed by atoms with Crippen LogP contribution in [0, 0.1) is 6.92 Å². The van der Waals surface area contributed by atoms with Gasteiger partial charge in [0.05, 0.1) is 0 Å². The van der Waals surface area contributed by atoms with Crippen LogP contribution in [0.1, 0.15) is 11.5 Å². The van der Waals surface area contributed by atoms with Crippen molar-refractivity contribution in [2.75, 3.05) is 0 Å². The topological polar surface area (TPSA) is 64.1 Å². The summed E-state index contributed by atoms with van der Waals surface area (Å²) < 4.78 is 1.81. The predicted octanol–water partition coefficient (Wildman–Crippen LogP) is 0.544. The minimum atomic E-state index is 0.278. The van der Waals surface area contributed by atoms with E-state index in [-0.39, 0.29) is 5.70 Å². The van der Waals surface area contributed by atoms with Crippen LogP contribution in [-0.4, -0.2) is 14.7 Å². The zero-order chi connectivity index (χ0) is 8.43. The molecule has 11 heavy (non-hydrogen) atoms. The summed E-state index contributed by atoms with van der Waals surface area (Å²) in [6.07, 6.45) is 2.55. The van der Waals surface area contributed by atoms with E-state index >= 15 is 0 Å². The maximum Gasteiger partial charge on any atom is 0.159 e. The van der Waals surface area contributed by atoms with Gasteiger partial charge < -0.3 is 15.4 Å². The number of aromatic nitrogens is 2. The maximum atomic E-state index is 8.58. The fraction of sp³-hybridized carbons (Fsp3) is 0.286. The molecule has 0 amide bonds. The molecule has 0 radical (unpaired) electrons. The largest absolute Gasteiger partial charge is 0.513 e. The second kappa shape index (κ2) is 2.65. The van der Waals surface area contributed by atoms with Gasteiger partial charge in [-0.15, -0.1) is 0 Å². The second-order valence-corrected chi connectivity index (χ2v) is 2.37. The van der Waals surface area contributed by atoms with Crippen LogP contribution < -0.4 is 5.73 Å². The monoisotopic (exact) mass is 153 g/mol. The lowest BCUT2D eigenvalue weighted by Crippen LogP contribution is -2.05. The first-order valence-corrected chi connectivity index (χ1v) is 3.25. The summed E-state index contributed by atoms with van der Waals surface area (Å²) in [4.78, 5) is 4.00. The lowest BCUT2D eigenvalue weighted by Gasteiger charge is -2.00. The van der Waals surface area contributed by atoms with E-state index in [1.165, 1.54) is 0 Å². The standard InChI is InChI=1S/C7H11N3O/c1-5-3-9-7(10(5)2)6(8)4-11/h3-4,11H,8H2,1-2H3/b6-4-. The number of nitrogens with two attached hydrogens (primary N) is 1. The number of imidazole rings is 1. The molecule has 3 N–H and O–H groups in total. The van der Waals surface area contributed by atoms with Crippen LogP contribution in [-0.2, 0) is 7.05 Å². The zero-order valence-corrected chi connectivity index (χ0v) is 6.57. The molecule has 0 aliphatic heterocycles. The Bertz CT molecular complexity index is 288. The number of nitrogens with zero attached hydrogens (tertiary/aromatic N) is 2. The highest BCUT2D eigenvalue weighted by Crippen LogP contribution is 2.06. The van der Waals surface area contributed by atoms with Crippen LogP contribution in [0.15, 0.2) is 12.5 Å². The summed E-state index contributed by atoms with van der Waals surface area (Å²) in [6.45, 7) is 1.92. The fourth-order valence-corrected chi connectivity index (χ4v) is 0.821. The van der Waals surface area contributed by atoms with E-state index in [0.29, 0.717) is 5.82 Å². The van der Waals surface area contributed by atoms with E-state index < -0.39 is 0 Å². The number of hydrogen-bond donors (Lipinski definition) is 2. The molecular formula is C7H11N3O. The molecule has 4 heteroatoms. The molecule has 0 aliphatic carbocycles. The molecule has 0 saturated heterocycles. The van der Waals surface area contributed by atoms with E-state index in [1.54, 1.807) is 6.20 Å². The zero-order valence-electron chi connectivity index (χ0n) is 6.57. The average Bonchev–Trinajstić information content (AvgIpc) is 2.32. The van der Waals surface area contributed by atoms with Crippen LogP contribution >= 0.6 is 0 Å². The van der Waals surface area contributed by atoms with Gasteiger partial charge in [0, 0.05) is 18.9 Å². The van der Waals surface area contributed by atoms with Gasteiger partial charge >= 0.3 is 0 Å². The van der Waals surface area contributed by atoms with Crippen molar-refractivity contribution in [2.24, 2.45) is 12.8 Å². The van der Waals surface area contributed by atoms with Gasteiger partial charge in [0.25, 0.3) is 0 Å². The lowest BCUT2D eigenvalue weighted by molar-refractivity contribution is 0.474. The minimum absolute atomic E-state index is 0.278. The Hall–Kier alpha value is -1.45. The van der Waals surface area contributed by atoms with Crippen molar-refractivity contribution in [3.63, 3.8) is 0 Å². The van der Waals surface area contributed by atoms with E-state index in [9.17, 15) is 0 Å². The van der Waals surface area contributed by atoms with Crippen molar-refractivity contribution < 1.29 is 5.11 Å². The van der Waals surface area contributed by atoms with E-state index in [0.717, 1.165) is 12.0 Å². The Morgan fingerprint density at radius 1 is 1.82 bits per heavy atom. The second-order valence-electron chi connectivity index (χ2n) is 2.37. The van der Waals surface area contributed by atoms with Crippen molar-refractivity contribution in [1.82, 2.24) is 9.55 Å². The highest BCUT2D eigenvalue weighted by atomic mass is 16.2. The molecule has 0 saturated carbocycles. The number of aliphatic hydroxyl groups is 1. The molecule has 0 atom stereocenters. The smallest absolute Gasteiger partial charge is 0.159 e. The first-order chi connectivity index (χ1) is 5.16. The fourth-order valence-electron chi connectivity index (χ4n) is 0.821.